The monoisotopic (exact) mass is 436 g/mol. The molecule has 1 N–H and O–H groups in total. The van der Waals surface area contributed by atoms with Gasteiger partial charge in [0.1, 0.15) is 5.37 Å². The van der Waals surface area contributed by atoms with Crippen LogP contribution in [0, 0.1) is 13.8 Å². The first-order valence-electron chi connectivity index (χ1n) is 9.60. The van der Waals surface area contributed by atoms with Crippen molar-refractivity contribution in [2.75, 3.05) is 16.0 Å². The van der Waals surface area contributed by atoms with E-state index in [4.69, 9.17) is 11.6 Å². The average Bonchev–Trinajstić information content (AvgIpc) is 3.09. The van der Waals surface area contributed by atoms with E-state index in [0.29, 0.717) is 22.0 Å². The van der Waals surface area contributed by atoms with Crippen molar-refractivity contribution in [3.05, 3.63) is 94.0 Å². The Morgan fingerprint density at radius 1 is 1.03 bits per heavy atom. The molecule has 1 aliphatic rings. The van der Waals surface area contributed by atoms with Gasteiger partial charge in [-0.05, 0) is 66.9 Å². The third kappa shape index (κ3) is 4.23. The molecule has 1 atom stereocenters. The highest BCUT2D eigenvalue weighted by molar-refractivity contribution is 8.00. The number of carbonyl (C=O) groups is 2. The Morgan fingerprint density at radius 2 is 1.70 bits per heavy atom. The number of halogens is 1. The molecule has 0 spiro atoms. The highest BCUT2D eigenvalue weighted by Gasteiger charge is 2.34. The third-order valence-electron chi connectivity index (χ3n) is 4.92. The number of carbonyl (C=O) groups excluding carboxylic acids is 2. The lowest BCUT2D eigenvalue weighted by Crippen LogP contribution is -2.28. The van der Waals surface area contributed by atoms with Gasteiger partial charge < -0.3 is 5.32 Å². The molecular formula is C24H21ClN2O2S. The number of nitrogens with one attached hydrogen (secondary N) is 1. The first kappa shape index (κ1) is 20.5. The molecular weight excluding hydrogens is 416 g/mol. The fraction of sp³-hybridized carbons (Fsp3) is 0.167. The van der Waals surface area contributed by atoms with E-state index in [0.717, 1.165) is 22.4 Å². The lowest BCUT2D eigenvalue weighted by Gasteiger charge is -2.25. The van der Waals surface area contributed by atoms with Gasteiger partial charge >= 0.3 is 0 Å². The molecule has 4 rings (SSSR count). The molecule has 0 saturated carbocycles. The zero-order chi connectivity index (χ0) is 21.3. The lowest BCUT2D eigenvalue weighted by molar-refractivity contribution is -0.115. The molecule has 1 fully saturated rings. The molecule has 4 nitrogen and oxygen atoms in total. The summed E-state index contributed by atoms with van der Waals surface area (Å²) in [5.41, 5.74) is 5.30. The molecule has 6 heteroatoms. The standard InChI is InChI=1S/C24H21ClN2O2S/c1-15-11-16(2)13-19(12-15)27-22(28)14-30-24(27)17-7-9-18(10-8-17)26-23(29)20-5-3-4-6-21(20)25/h3-13,24H,14H2,1-2H3,(H,26,29). The van der Waals surface area contributed by atoms with Crippen LogP contribution < -0.4 is 10.2 Å². The lowest BCUT2D eigenvalue weighted by atomic mass is 10.1. The molecule has 152 valence electrons. The Bertz CT molecular complexity index is 1090. The molecule has 0 radical (unpaired) electrons. The van der Waals surface area contributed by atoms with Crippen molar-refractivity contribution in [2.24, 2.45) is 0 Å². The van der Waals surface area contributed by atoms with Crippen LogP contribution in [0.25, 0.3) is 0 Å². The number of hydrogen-bond donors (Lipinski definition) is 1. The highest BCUT2D eigenvalue weighted by atomic mass is 35.5. The zero-order valence-corrected chi connectivity index (χ0v) is 18.3. The Labute approximate surface area is 185 Å². The van der Waals surface area contributed by atoms with E-state index in [1.54, 1.807) is 36.0 Å². The van der Waals surface area contributed by atoms with Gasteiger partial charge in [-0.2, -0.15) is 0 Å². The summed E-state index contributed by atoms with van der Waals surface area (Å²) in [5.74, 6) is 0.296. The topological polar surface area (TPSA) is 49.4 Å². The van der Waals surface area contributed by atoms with Crippen molar-refractivity contribution < 1.29 is 9.59 Å². The quantitative estimate of drug-likeness (QED) is 0.546. The summed E-state index contributed by atoms with van der Waals surface area (Å²) in [4.78, 5) is 26.9. The van der Waals surface area contributed by atoms with Crippen LogP contribution in [-0.2, 0) is 4.79 Å². The minimum absolute atomic E-state index is 0.0907. The van der Waals surface area contributed by atoms with Crippen LogP contribution in [0.1, 0.15) is 32.4 Å². The van der Waals surface area contributed by atoms with Gasteiger partial charge in [-0.25, -0.2) is 0 Å². The minimum Gasteiger partial charge on any atom is -0.322 e. The van der Waals surface area contributed by atoms with Crippen molar-refractivity contribution >= 4 is 46.6 Å². The van der Waals surface area contributed by atoms with Crippen molar-refractivity contribution in [1.29, 1.82) is 0 Å². The number of amides is 2. The van der Waals surface area contributed by atoms with Crippen LogP contribution in [0.4, 0.5) is 11.4 Å². The summed E-state index contributed by atoms with van der Waals surface area (Å²) < 4.78 is 0. The number of benzene rings is 3. The Morgan fingerprint density at radius 3 is 2.37 bits per heavy atom. The molecule has 1 heterocycles. The molecule has 0 bridgehead atoms. The molecule has 1 aliphatic heterocycles. The minimum atomic E-state index is -0.254. The van der Waals surface area contributed by atoms with Crippen molar-refractivity contribution in [2.45, 2.75) is 19.2 Å². The smallest absolute Gasteiger partial charge is 0.257 e. The van der Waals surface area contributed by atoms with Crippen molar-refractivity contribution in [3.8, 4) is 0 Å². The first-order chi connectivity index (χ1) is 14.4. The van der Waals surface area contributed by atoms with Gasteiger partial charge in [0.15, 0.2) is 0 Å². The summed E-state index contributed by atoms with van der Waals surface area (Å²) in [6.45, 7) is 4.07. The second-order valence-electron chi connectivity index (χ2n) is 7.33. The number of anilines is 2. The van der Waals surface area contributed by atoms with Gasteiger partial charge in [-0.15, -0.1) is 11.8 Å². The zero-order valence-electron chi connectivity index (χ0n) is 16.7. The number of rotatable bonds is 4. The fourth-order valence-corrected chi connectivity index (χ4v) is 5.01. The van der Waals surface area contributed by atoms with Crippen molar-refractivity contribution in [1.82, 2.24) is 0 Å². The van der Waals surface area contributed by atoms with E-state index < -0.39 is 0 Å². The molecule has 0 aliphatic carbocycles. The molecule has 1 saturated heterocycles. The fourth-order valence-electron chi connectivity index (χ4n) is 3.61. The van der Waals surface area contributed by atoms with Gasteiger partial charge in [0.2, 0.25) is 5.91 Å². The van der Waals surface area contributed by atoms with E-state index in [1.807, 2.05) is 55.1 Å². The predicted octanol–water partition coefficient (Wildman–Crippen LogP) is 5.99. The van der Waals surface area contributed by atoms with Gasteiger partial charge in [-0.3, -0.25) is 14.5 Å². The molecule has 0 aromatic heterocycles. The van der Waals surface area contributed by atoms with E-state index in [2.05, 4.69) is 11.4 Å². The second kappa shape index (κ2) is 8.54. The van der Waals surface area contributed by atoms with Gasteiger partial charge in [0.05, 0.1) is 16.3 Å². The molecule has 30 heavy (non-hydrogen) atoms. The summed E-state index contributed by atoms with van der Waals surface area (Å²) in [5, 5.41) is 3.20. The highest BCUT2D eigenvalue weighted by Crippen LogP contribution is 2.42. The van der Waals surface area contributed by atoms with Crippen LogP contribution >= 0.6 is 23.4 Å². The second-order valence-corrected chi connectivity index (χ2v) is 8.80. The molecule has 3 aromatic carbocycles. The maximum Gasteiger partial charge on any atom is 0.257 e. The number of aryl methyl sites for hydroxylation is 2. The normalized spacial score (nSPS) is 16.0. The Hall–Kier alpha value is -2.76. The van der Waals surface area contributed by atoms with Gasteiger partial charge in [0.25, 0.3) is 5.91 Å². The summed E-state index contributed by atoms with van der Waals surface area (Å²) in [6, 6.07) is 20.7. The van der Waals surface area contributed by atoms with Gasteiger partial charge in [-0.1, -0.05) is 41.9 Å². The Balaban J connectivity index is 1.55. The molecule has 1 unspecified atom stereocenters. The SMILES string of the molecule is Cc1cc(C)cc(N2C(=O)CSC2c2ccc(NC(=O)c3ccccc3Cl)cc2)c1. The largest absolute Gasteiger partial charge is 0.322 e. The average molecular weight is 437 g/mol. The van der Waals surface area contributed by atoms with Crippen molar-refractivity contribution in [3.63, 3.8) is 0 Å². The number of nitrogens with zero attached hydrogens (tertiary/aromatic N) is 1. The summed E-state index contributed by atoms with van der Waals surface area (Å²) >= 11 is 7.71. The predicted molar refractivity (Wildman–Crippen MR) is 124 cm³/mol. The van der Waals surface area contributed by atoms with Crippen LogP contribution in [0.5, 0.6) is 0 Å². The third-order valence-corrected chi connectivity index (χ3v) is 6.47. The summed E-state index contributed by atoms with van der Waals surface area (Å²) in [7, 11) is 0. The van der Waals surface area contributed by atoms with Crippen LogP contribution in [0.15, 0.2) is 66.7 Å². The van der Waals surface area contributed by atoms with Crippen LogP contribution in [-0.4, -0.2) is 17.6 Å². The van der Waals surface area contributed by atoms with E-state index in [9.17, 15) is 9.59 Å². The maximum absolute atomic E-state index is 12.6. The summed E-state index contributed by atoms with van der Waals surface area (Å²) in [6.07, 6.45) is 0. The number of hydrogen-bond acceptors (Lipinski definition) is 3. The Kier molecular flexibility index (Phi) is 5.84. The molecule has 3 aromatic rings. The van der Waals surface area contributed by atoms with E-state index in [-0.39, 0.29) is 17.2 Å². The van der Waals surface area contributed by atoms with Gasteiger partial charge in [0, 0.05) is 11.4 Å². The van der Waals surface area contributed by atoms with E-state index >= 15 is 0 Å². The maximum atomic E-state index is 12.6. The van der Waals surface area contributed by atoms with Crippen LogP contribution in [0.2, 0.25) is 5.02 Å². The van der Waals surface area contributed by atoms with Crippen LogP contribution in [0.3, 0.4) is 0 Å². The van der Waals surface area contributed by atoms with E-state index in [1.165, 1.54) is 0 Å². The first-order valence-corrected chi connectivity index (χ1v) is 11.0. The molecule has 2 amide bonds. The number of thioether (sulfide) groups is 1.